The molecule has 0 spiro atoms. The molecular weight excluding hydrogens is 406 g/mol. The van der Waals surface area contributed by atoms with E-state index >= 15 is 0 Å². The van der Waals surface area contributed by atoms with Crippen LogP contribution in [-0.2, 0) is 14.4 Å². The molecule has 0 saturated carbocycles. The molecule has 31 heavy (non-hydrogen) atoms. The number of aliphatic imine (C=N–C) groups is 1. The van der Waals surface area contributed by atoms with Crippen molar-refractivity contribution in [3.8, 4) is 11.5 Å². The Labute approximate surface area is 177 Å². The molecule has 2 unspecified atom stereocenters. The van der Waals surface area contributed by atoms with Crippen molar-refractivity contribution in [1.29, 1.82) is 0 Å². The van der Waals surface area contributed by atoms with Crippen molar-refractivity contribution >= 4 is 29.5 Å². The Kier molecular flexibility index (Phi) is 6.49. The molecule has 1 aliphatic carbocycles. The Hall–Kier alpha value is -3.95. The van der Waals surface area contributed by atoms with Gasteiger partial charge in [0.1, 0.15) is 6.54 Å². The van der Waals surface area contributed by atoms with E-state index in [0.717, 1.165) is 4.90 Å². The number of carboxylic acid groups (broad SMARTS) is 1. The number of carbonyl (C=O) groups is 4. The number of benzene rings is 1. The zero-order valence-electron chi connectivity index (χ0n) is 16.9. The molecule has 0 saturated heterocycles. The Morgan fingerprint density at radius 2 is 1.94 bits per heavy atom. The molecule has 0 radical (unpaired) electrons. The lowest BCUT2D eigenvalue weighted by Gasteiger charge is -2.28. The molecule has 1 aromatic rings. The van der Waals surface area contributed by atoms with Crippen LogP contribution in [0.2, 0.25) is 0 Å². The van der Waals surface area contributed by atoms with E-state index in [2.05, 4.69) is 10.3 Å². The molecule has 4 amide bonds. The third kappa shape index (κ3) is 4.80. The maximum Gasteiger partial charge on any atom is 0.351 e. The van der Waals surface area contributed by atoms with Crippen molar-refractivity contribution in [2.45, 2.75) is 12.5 Å². The van der Waals surface area contributed by atoms with Gasteiger partial charge in [-0.15, -0.1) is 0 Å². The Morgan fingerprint density at radius 3 is 2.61 bits per heavy atom. The highest BCUT2D eigenvalue weighted by molar-refractivity contribution is 6.22. The molecule has 0 aromatic heterocycles. The lowest BCUT2D eigenvalue weighted by Crippen LogP contribution is -2.50. The number of rotatable bonds is 8. The number of methoxy groups -OCH3 is 2. The summed E-state index contributed by atoms with van der Waals surface area (Å²) in [4.78, 5) is 53.4. The summed E-state index contributed by atoms with van der Waals surface area (Å²) in [5.41, 5.74) is 0.786. The SMILES string of the molecule is COc1ccc(C(CC(=O)O)NC(=O)CN2C(=O)N=C3C=CC=CC3C2=O)cc1OC. The molecule has 0 bridgehead atoms. The number of imide groups is 1. The zero-order valence-corrected chi connectivity index (χ0v) is 16.9. The molecule has 0 fully saturated rings. The molecule has 1 aromatic carbocycles. The van der Waals surface area contributed by atoms with Crippen LogP contribution in [0.25, 0.3) is 0 Å². The molecule has 2 aliphatic rings. The van der Waals surface area contributed by atoms with Gasteiger partial charge in [-0.1, -0.05) is 24.3 Å². The molecule has 162 valence electrons. The number of nitrogens with one attached hydrogen (secondary N) is 1. The summed E-state index contributed by atoms with van der Waals surface area (Å²) in [6, 6.07) is 2.98. The van der Waals surface area contributed by atoms with Gasteiger partial charge >= 0.3 is 12.0 Å². The minimum Gasteiger partial charge on any atom is -0.493 e. The van der Waals surface area contributed by atoms with Crippen LogP contribution in [0.4, 0.5) is 4.79 Å². The Morgan fingerprint density at radius 1 is 1.19 bits per heavy atom. The van der Waals surface area contributed by atoms with E-state index < -0.39 is 48.7 Å². The lowest BCUT2D eigenvalue weighted by atomic mass is 9.95. The number of nitrogens with zero attached hydrogens (tertiary/aromatic N) is 2. The molecule has 1 aliphatic heterocycles. The first-order valence-corrected chi connectivity index (χ1v) is 9.36. The second-order valence-corrected chi connectivity index (χ2v) is 6.80. The first-order chi connectivity index (χ1) is 14.8. The summed E-state index contributed by atoms with van der Waals surface area (Å²) in [5, 5.41) is 11.8. The van der Waals surface area contributed by atoms with Gasteiger partial charge in [-0.3, -0.25) is 19.3 Å². The molecule has 1 heterocycles. The fourth-order valence-corrected chi connectivity index (χ4v) is 3.31. The van der Waals surface area contributed by atoms with Gasteiger partial charge in [0.05, 0.1) is 38.3 Å². The van der Waals surface area contributed by atoms with Gasteiger partial charge in [0.25, 0.3) is 0 Å². The van der Waals surface area contributed by atoms with Crippen LogP contribution in [0.3, 0.4) is 0 Å². The monoisotopic (exact) mass is 427 g/mol. The van der Waals surface area contributed by atoms with E-state index in [1.165, 1.54) is 14.2 Å². The van der Waals surface area contributed by atoms with Gasteiger partial charge in [-0.05, 0) is 23.8 Å². The molecule has 2 atom stereocenters. The van der Waals surface area contributed by atoms with Crippen LogP contribution in [0, 0.1) is 5.92 Å². The number of fused-ring (bicyclic) bond motifs is 1. The second kappa shape index (κ2) is 9.24. The van der Waals surface area contributed by atoms with E-state index in [1.807, 2.05) is 0 Å². The quantitative estimate of drug-likeness (QED) is 0.642. The van der Waals surface area contributed by atoms with Crippen molar-refractivity contribution in [3.63, 3.8) is 0 Å². The summed E-state index contributed by atoms with van der Waals surface area (Å²) in [6.07, 6.45) is 6.07. The minimum atomic E-state index is -1.14. The Balaban J connectivity index is 1.77. The first kappa shape index (κ1) is 21.8. The predicted molar refractivity (Wildman–Crippen MR) is 109 cm³/mol. The molecule has 2 N–H and O–H groups in total. The number of allylic oxidation sites excluding steroid dienone is 3. The summed E-state index contributed by atoms with van der Waals surface area (Å²) in [7, 11) is 2.90. The molecule has 10 heteroatoms. The number of carbonyl (C=O) groups excluding carboxylic acids is 3. The van der Waals surface area contributed by atoms with Crippen molar-refractivity contribution < 1.29 is 33.8 Å². The van der Waals surface area contributed by atoms with Crippen LogP contribution in [0.1, 0.15) is 18.0 Å². The summed E-state index contributed by atoms with van der Waals surface area (Å²) in [6.45, 7) is -0.577. The third-order valence-electron chi connectivity index (χ3n) is 4.81. The smallest absolute Gasteiger partial charge is 0.351 e. The number of carboxylic acids is 1. The van der Waals surface area contributed by atoms with E-state index in [0.29, 0.717) is 22.8 Å². The zero-order chi connectivity index (χ0) is 22.5. The van der Waals surface area contributed by atoms with Gasteiger partial charge in [0.15, 0.2) is 11.5 Å². The second-order valence-electron chi connectivity index (χ2n) is 6.80. The van der Waals surface area contributed by atoms with Gasteiger partial charge in [-0.2, -0.15) is 4.99 Å². The van der Waals surface area contributed by atoms with E-state index in [1.54, 1.807) is 42.5 Å². The van der Waals surface area contributed by atoms with Crippen molar-refractivity contribution in [3.05, 3.63) is 48.1 Å². The van der Waals surface area contributed by atoms with Crippen LogP contribution in [-0.4, -0.2) is 60.3 Å². The van der Waals surface area contributed by atoms with Crippen LogP contribution < -0.4 is 14.8 Å². The van der Waals surface area contributed by atoms with Gasteiger partial charge in [0, 0.05) is 0 Å². The number of aliphatic carboxylic acids is 1. The third-order valence-corrected chi connectivity index (χ3v) is 4.81. The van der Waals surface area contributed by atoms with Crippen molar-refractivity contribution in [2.75, 3.05) is 20.8 Å². The number of hydrogen-bond acceptors (Lipinski definition) is 6. The summed E-state index contributed by atoms with van der Waals surface area (Å²) in [5.74, 6) is -2.32. The topological polar surface area (TPSA) is 135 Å². The van der Waals surface area contributed by atoms with Crippen molar-refractivity contribution in [1.82, 2.24) is 10.2 Å². The van der Waals surface area contributed by atoms with Crippen molar-refractivity contribution in [2.24, 2.45) is 10.9 Å². The maximum atomic E-state index is 12.6. The van der Waals surface area contributed by atoms with Crippen LogP contribution in [0.5, 0.6) is 11.5 Å². The average Bonchev–Trinajstić information content (AvgIpc) is 2.75. The highest BCUT2D eigenvalue weighted by Gasteiger charge is 2.37. The van der Waals surface area contributed by atoms with Crippen LogP contribution >= 0.6 is 0 Å². The van der Waals surface area contributed by atoms with E-state index in [9.17, 15) is 24.3 Å². The standard InChI is InChI=1S/C21H21N3O7/c1-30-16-8-7-12(9-17(16)31-2)15(10-19(26)27)22-18(25)11-24-20(28)13-5-3-4-6-14(13)23-21(24)29/h3-9,13,15H,10-11H2,1-2H3,(H,22,25)(H,26,27). The Bertz CT molecular complexity index is 1010. The van der Waals surface area contributed by atoms with E-state index in [4.69, 9.17) is 9.47 Å². The van der Waals surface area contributed by atoms with Gasteiger partial charge in [0.2, 0.25) is 11.8 Å². The number of urea groups is 1. The number of amides is 4. The van der Waals surface area contributed by atoms with Gasteiger partial charge < -0.3 is 19.9 Å². The first-order valence-electron chi connectivity index (χ1n) is 9.36. The lowest BCUT2D eigenvalue weighted by molar-refractivity contribution is -0.138. The normalized spacial score (nSPS) is 18.2. The number of hydrogen-bond donors (Lipinski definition) is 2. The fraction of sp³-hybridized carbons (Fsp3) is 0.286. The molecule has 10 nitrogen and oxygen atoms in total. The highest BCUT2D eigenvalue weighted by atomic mass is 16.5. The summed E-state index contributed by atoms with van der Waals surface area (Å²) < 4.78 is 10.4. The number of ether oxygens (including phenoxy) is 2. The van der Waals surface area contributed by atoms with E-state index in [-0.39, 0.29) is 0 Å². The maximum absolute atomic E-state index is 12.6. The highest BCUT2D eigenvalue weighted by Crippen LogP contribution is 2.31. The average molecular weight is 427 g/mol. The van der Waals surface area contributed by atoms with Crippen LogP contribution in [0.15, 0.2) is 47.5 Å². The molecular formula is C21H21N3O7. The summed E-state index contributed by atoms with van der Waals surface area (Å²) >= 11 is 0. The van der Waals surface area contributed by atoms with Gasteiger partial charge in [-0.25, -0.2) is 4.79 Å². The molecule has 3 rings (SSSR count). The largest absolute Gasteiger partial charge is 0.493 e. The fourth-order valence-electron chi connectivity index (χ4n) is 3.31. The minimum absolute atomic E-state index is 0.322. The predicted octanol–water partition coefficient (Wildman–Crippen LogP) is 1.48.